The van der Waals surface area contributed by atoms with Crippen molar-refractivity contribution in [3.63, 3.8) is 0 Å². The van der Waals surface area contributed by atoms with E-state index in [1.165, 1.54) is 0 Å². The molecule has 0 aromatic carbocycles. The number of amides is 1. The highest BCUT2D eigenvalue weighted by Gasteiger charge is 2.08. The molecule has 64 valence electrons. The van der Waals surface area contributed by atoms with Crippen molar-refractivity contribution in [3.8, 4) is 0 Å². The molecule has 0 saturated carbocycles. The van der Waals surface area contributed by atoms with E-state index in [-0.39, 0.29) is 11.8 Å². The van der Waals surface area contributed by atoms with Gasteiger partial charge in [0.1, 0.15) is 0 Å². The Labute approximate surface area is 71.6 Å². The van der Waals surface area contributed by atoms with Crippen molar-refractivity contribution in [3.05, 3.63) is 30.1 Å². The third-order valence-electron chi connectivity index (χ3n) is 1.70. The maximum atomic E-state index is 10.6. The van der Waals surface area contributed by atoms with Crippen molar-refractivity contribution >= 4 is 5.91 Å². The van der Waals surface area contributed by atoms with Crippen LogP contribution in [0.1, 0.15) is 25.0 Å². The monoisotopic (exact) mass is 164 g/mol. The Morgan fingerprint density at radius 2 is 2.42 bits per heavy atom. The van der Waals surface area contributed by atoms with Gasteiger partial charge in [0.05, 0.1) is 0 Å². The smallest absolute Gasteiger partial charge is 0.218 e. The Morgan fingerprint density at radius 3 is 2.92 bits per heavy atom. The van der Waals surface area contributed by atoms with E-state index in [9.17, 15) is 4.79 Å². The molecule has 1 heterocycles. The Bertz CT molecular complexity index is 258. The molecule has 1 amide bonds. The molecule has 0 spiro atoms. The second-order valence-electron chi connectivity index (χ2n) is 2.83. The minimum atomic E-state index is -0.284. The fourth-order valence-corrected chi connectivity index (χ4v) is 1.07. The highest BCUT2D eigenvalue weighted by Crippen LogP contribution is 2.14. The summed E-state index contributed by atoms with van der Waals surface area (Å²) in [6.07, 6.45) is 2.07. The standard InChI is InChI=1S/C9H12N2O/c1-7(6-9(10)12)8-4-2-3-5-11-8/h2-5,7H,6H2,1H3,(H2,10,12)/t7-/m1/s1. The number of hydrogen-bond donors (Lipinski definition) is 1. The number of aromatic nitrogens is 1. The summed E-state index contributed by atoms with van der Waals surface area (Å²) >= 11 is 0. The first-order chi connectivity index (χ1) is 5.70. The normalized spacial score (nSPS) is 12.4. The van der Waals surface area contributed by atoms with E-state index in [4.69, 9.17) is 5.73 Å². The summed E-state index contributed by atoms with van der Waals surface area (Å²) in [4.78, 5) is 14.7. The van der Waals surface area contributed by atoms with Gasteiger partial charge in [-0.05, 0) is 12.1 Å². The number of nitrogens with two attached hydrogens (primary N) is 1. The first kappa shape index (κ1) is 8.71. The average Bonchev–Trinajstić information content (AvgIpc) is 2.05. The molecule has 0 fully saturated rings. The van der Waals surface area contributed by atoms with Crippen LogP contribution in [0.15, 0.2) is 24.4 Å². The van der Waals surface area contributed by atoms with Gasteiger partial charge in [-0.3, -0.25) is 9.78 Å². The van der Waals surface area contributed by atoms with Crippen LogP contribution >= 0.6 is 0 Å². The molecular formula is C9H12N2O. The van der Waals surface area contributed by atoms with Crippen molar-refractivity contribution in [2.24, 2.45) is 5.73 Å². The summed E-state index contributed by atoms with van der Waals surface area (Å²) in [5.74, 6) is -0.170. The molecule has 12 heavy (non-hydrogen) atoms. The van der Waals surface area contributed by atoms with Crippen LogP contribution in [-0.2, 0) is 4.79 Å². The number of carbonyl (C=O) groups excluding carboxylic acids is 1. The van der Waals surface area contributed by atoms with E-state index >= 15 is 0 Å². The Kier molecular flexibility index (Phi) is 2.80. The van der Waals surface area contributed by atoms with E-state index in [1.54, 1.807) is 6.20 Å². The molecule has 3 nitrogen and oxygen atoms in total. The zero-order valence-corrected chi connectivity index (χ0v) is 7.03. The summed E-state index contributed by atoms with van der Waals surface area (Å²) < 4.78 is 0. The zero-order valence-electron chi connectivity index (χ0n) is 7.03. The van der Waals surface area contributed by atoms with Gasteiger partial charge in [0.25, 0.3) is 0 Å². The molecule has 0 unspecified atom stereocenters. The lowest BCUT2D eigenvalue weighted by molar-refractivity contribution is -0.118. The predicted molar refractivity (Wildman–Crippen MR) is 46.5 cm³/mol. The van der Waals surface area contributed by atoms with Gasteiger partial charge in [-0.2, -0.15) is 0 Å². The first-order valence-electron chi connectivity index (χ1n) is 3.89. The van der Waals surface area contributed by atoms with Crippen molar-refractivity contribution in [2.75, 3.05) is 0 Å². The van der Waals surface area contributed by atoms with Gasteiger partial charge < -0.3 is 5.73 Å². The van der Waals surface area contributed by atoms with Gasteiger partial charge in [0.15, 0.2) is 0 Å². The molecule has 0 aliphatic carbocycles. The van der Waals surface area contributed by atoms with E-state index < -0.39 is 0 Å². The minimum Gasteiger partial charge on any atom is -0.370 e. The van der Waals surface area contributed by atoms with Gasteiger partial charge in [-0.1, -0.05) is 13.0 Å². The van der Waals surface area contributed by atoms with Gasteiger partial charge in [0, 0.05) is 24.2 Å². The third kappa shape index (κ3) is 2.34. The molecule has 0 bridgehead atoms. The molecule has 1 aromatic rings. The predicted octanol–water partition coefficient (Wildman–Crippen LogP) is 1.06. The summed E-state index contributed by atoms with van der Waals surface area (Å²) in [5.41, 5.74) is 5.98. The Hall–Kier alpha value is -1.38. The van der Waals surface area contributed by atoms with Crippen molar-refractivity contribution in [1.29, 1.82) is 0 Å². The van der Waals surface area contributed by atoms with Gasteiger partial charge in [0.2, 0.25) is 5.91 Å². The lowest BCUT2D eigenvalue weighted by Crippen LogP contribution is -2.14. The van der Waals surface area contributed by atoms with E-state index in [1.807, 2.05) is 25.1 Å². The number of hydrogen-bond acceptors (Lipinski definition) is 2. The molecular weight excluding hydrogens is 152 g/mol. The molecule has 1 rings (SSSR count). The van der Waals surface area contributed by atoms with E-state index in [2.05, 4.69) is 4.98 Å². The van der Waals surface area contributed by atoms with Crippen LogP contribution in [0.5, 0.6) is 0 Å². The molecule has 0 radical (unpaired) electrons. The van der Waals surface area contributed by atoms with Crippen LogP contribution in [0, 0.1) is 0 Å². The lowest BCUT2D eigenvalue weighted by atomic mass is 10.0. The van der Waals surface area contributed by atoms with Crippen LogP contribution in [0.4, 0.5) is 0 Å². The third-order valence-corrected chi connectivity index (χ3v) is 1.70. The molecule has 0 saturated heterocycles. The second-order valence-corrected chi connectivity index (χ2v) is 2.83. The summed E-state index contributed by atoms with van der Waals surface area (Å²) in [7, 11) is 0. The second kappa shape index (κ2) is 3.85. The van der Waals surface area contributed by atoms with E-state index in [0.29, 0.717) is 6.42 Å². The van der Waals surface area contributed by atoms with Gasteiger partial charge >= 0.3 is 0 Å². The number of rotatable bonds is 3. The minimum absolute atomic E-state index is 0.115. The largest absolute Gasteiger partial charge is 0.370 e. The van der Waals surface area contributed by atoms with E-state index in [0.717, 1.165) is 5.69 Å². The lowest BCUT2D eigenvalue weighted by Gasteiger charge is -2.06. The molecule has 0 aliphatic rings. The molecule has 3 heteroatoms. The molecule has 2 N–H and O–H groups in total. The van der Waals surface area contributed by atoms with Crippen LogP contribution in [-0.4, -0.2) is 10.9 Å². The van der Waals surface area contributed by atoms with Crippen LogP contribution < -0.4 is 5.73 Å². The Balaban J connectivity index is 2.65. The quantitative estimate of drug-likeness (QED) is 0.726. The van der Waals surface area contributed by atoms with Gasteiger partial charge in [-0.15, -0.1) is 0 Å². The van der Waals surface area contributed by atoms with Crippen LogP contribution in [0.25, 0.3) is 0 Å². The first-order valence-corrected chi connectivity index (χ1v) is 3.89. The molecule has 1 aromatic heterocycles. The van der Waals surface area contributed by atoms with Crippen LogP contribution in [0.3, 0.4) is 0 Å². The maximum Gasteiger partial charge on any atom is 0.218 e. The average molecular weight is 164 g/mol. The van der Waals surface area contributed by atoms with Crippen molar-refractivity contribution in [1.82, 2.24) is 4.98 Å². The van der Waals surface area contributed by atoms with Crippen molar-refractivity contribution in [2.45, 2.75) is 19.3 Å². The van der Waals surface area contributed by atoms with Crippen molar-refractivity contribution < 1.29 is 4.79 Å². The maximum absolute atomic E-state index is 10.6. The SMILES string of the molecule is C[C@H](CC(N)=O)c1ccccn1. The fraction of sp³-hybridized carbons (Fsp3) is 0.333. The zero-order chi connectivity index (χ0) is 8.97. The number of primary amides is 1. The summed E-state index contributed by atoms with van der Waals surface area (Å²) in [5, 5.41) is 0. The summed E-state index contributed by atoms with van der Waals surface area (Å²) in [6, 6.07) is 5.65. The number of pyridine rings is 1. The highest BCUT2D eigenvalue weighted by molar-refractivity contribution is 5.74. The summed E-state index contributed by atoms with van der Waals surface area (Å²) in [6.45, 7) is 1.94. The van der Waals surface area contributed by atoms with Crippen LogP contribution in [0.2, 0.25) is 0 Å². The Morgan fingerprint density at radius 1 is 1.67 bits per heavy atom. The molecule has 1 atom stereocenters. The number of nitrogens with zero attached hydrogens (tertiary/aromatic N) is 1. The molecule has 0 aliphatic heterocycles. The fourth-order valence-electron chi connectivity index (χ4n) is 1.07. The highest BCUT2D eigenvalue weighted by atomic mass is 16.1. The number of carbonyl (C=O) groups is 1. The van der Waals surface area contributed by atoms with Gasteiger partial charge in [-0.25, -0.2) is 0 Å². The topological polar surface area (TPSA) is 56.0 Å².